The van der Waals surface area contributed by atoms with E-state index in [9.17, 15) is 0 Å². The highest BCUT2D eigenvalue weighted by Gasteiger charge is 2.15. The van der Waals surface area contributed by atoms with Gasteiger partial charge in [-0.3, -0.25) is 0 Å². The van der Waals surface area contributed by atoms with E-state index in [0.717, 1.165) is 35.8 Å². The molecule has 0 spiro atoms. The normalized spacial score (nSPS) is 11.1. The van der Waals surface area contributed by atoms with E-state index in [1.165, 1.54) is 0 Å². The molecule has 0 radical (unpaired) electrons. The molecule has 0 saturated heterocycles. The predicted molar refractivity (Wildman–Crippen MR) is 78.8 cm³/mol. The van der Waals surface area contributed by atoms with Crippen LogP contribution in [0.3, 0.4) is 0 Å². The molecular weight excluding hydrogens is 252 g/mol. The van der Waals surface area contributed by atoms with E-state index < -0.39 is 0 Å². The van der Waals surface area contributed by atoms with Crippen molar-refractivity contribution < 1.29 is 4.42 Å². The van der Waals surface area contributed by atoms with Crippen molar-refractivity contribution in [3.8, 4) is 0 Å². The average molecular weight is 270 g/mol. The standard InChI is InChI=1S/C15H18N4O/c1-16-9-13-15(17-14-5-3-4-7-19(13)14)18(2)10-12-6-8-20-11-12/h3-8,11,16H,9-10H2,1-2H3. The van der Waals surface area contributed by atoms with Crippen LogP contribution in [0.15, 0.2) is 47.4 Å². The summed E-state index contributed by atoms with van der Waals surface area (Å²) in [6.07, 6.45) is 5.51. The summed E-state index contributed by atoms with van der Waals surface area (Å²) < 4.78 is 7.25. The zero-order valence-corrected chi connectivity index (χ0v) is 11.7. The molecule has 0 aliphatic rings. The highest BCUT2D eigenvalue weighted by Crippen LogP contribution is 2.22. The van der Waals surface area contributed by atoms with Crippen LogP contribution in [0.2, 0.25) is 0 Å². The number of hydrogen-bond acceptors (Lipinski definition) is 4. The maximum atomic E-state index is 5.12. The molecule has 0 saturated carbocycles. The Bertz CT molecular complexity index is 687. The van der Waals surface area contributed by atoms with Crippen LogP contribution >= 0.6 is 0 Å². The van der Waals surface area contributed by atoms with E-state index >= 15 is 0 Å². The first-order valence-electron chi connectivity index (χ1n) is 6.62. The van der Waals surface area contributed by atoms with Crippen molar-refractivity contribution >= 4 is 11.5 Å². The Hall–Kier alpha value is -2.27. The highest BCUT2D eigenvalue weighted by atomic mass is 16.3. The smallest absolute Gasteiger partial charge is 0.152 e. The summed E-state index contributed by atoms with van der Waals surface area (Å²) in [5, 5.41) is 3.21. The second kappa shape index (κ2) is 5.38. The number of imidazole rings is 1. The van der Waals surface area contributed by atoms with Crippen molar-refractivity contribution in [1.82, 2.24) is 14.7 Å². The van der Waals surface area contributed by atoms with Crippen LogP contribution in [0.1, 0.15) is 11.3 Å². The molecule has 0 atom stereocenters. The van der Waals surface area contributed by atoms with Crippen LogP contribution in [0.5, 0.6) is 0 Å². The van der Waals surface area contributed by atoms with Crippen LogP contribution in [-0.4, -0.2) is 23.5 Å². The lowest BCUT2D eigenvalue weighted by Crippen LogP contribution is -2.20. The van der Waals surface area contributed by atoms with Gasteiger partial charge in [-0.1, -0.05) is 6.07 Å². The van der Waals surface area contributed by atoms with Crippen molar-refractivity contribution in [1.29, 1.82) is 0 Å². The first-order chi connectivity index (χ1) is 9.79. The van der Waals surface area contributed by atoms with Gasteiger partial charge in [-0.25, -0.2) is 4.98 Å². The van der Waals surface area contributed by atoms with Crippen LogP contribution in [-0.2, 0) is 13.1 Å². The molecule has 3 aromatic heterocycles. The fraction of sp³-hybridized carbons (Fsp3) is 0.267. The van der Waals surface area contributed by atoms with Gasteiger partial charge in [-0.05, 0) is 25.2 Å². The lowest BCUT2D eigenvalue weighted by Gasteiger charge is -2.17. The monoisotopic (exact) mass is 270 g/mol. The number of fused-ring (bicyclic) bond motifs is 1. The molecule has 0 aliphatic carbocycles. The Morgan fingerprint density at radius 3 is 3.00 bits per heavy atom. The van der Waals surface area contributed by atoms with Gasteiger partial charge in [-0.2, -0.15) is 0 Å². The third-order valence-electron chi connectivity index (χ3n) is 3.31. The Balaban J connectivity index is 1.98. The number of nitrogens with one attached hydrogen (secondary N) is 1. The van der Waals surface area contributed by atoms with E-state index in [-0.39, 0.29) is 0 Å². The quantitative estimate of drug-likeness (QED) is 0.772. The van der Waals surface area contributed by atoms with Gasteiger partial charge >= 0.3 is 0 Å². The molecule has 5 heteroatoms. The highest BCUT2D eigenvalue weighted by molar-refractivity contribution is 5.55. The third kappa shape index (κ3) is 2.28. The summed E-state index contributed by atoms with van der Waals surface area (Å²) in [5.41, 5.74) is 3.26. The first kappa shape index (κ1) is 12.7. The average Bonchev–Trinajstić information content (AvgIpc) is 3.07. The molecule has 3 aromatic rings. The zero-order chi connectivity index (χ0) is 13.9. The second-order valence-electron chi connectivity index (χ2n) is 4.83. The number of anilines is 1. The summed E-state index contributed by atoms with van der Waals surface area (Å²) in [6.45, 7) is 1.55. The summed E-state index contributed by atoms with van der Waals surface area (Å²) in [4.78, 5) is 6.87. The molecular formula is C15H18N4O. The topological polar surface area (TPSA) is 45.7 Å². The lowest BCUT2D eigenvalue weighted by atomic mass is 10.3. The lowest BCUT2D eigenvalue weighted by molar-refractivity contribution is 0.563. The largest absolute Gasteiger partial charge is 0.472 e. The molecule has 0 bridgehead atoms. The van der Waals surface area contributed by atoms with Crippen molar-refractivity contribution in [3.63, 3.8) is 0 Å². The third-order valence-corrected chi connectivity index (χ3v) is 3.31. The fourth-order valence-electron chi connectivity index (χ4n) is 2.40. The molecule has 3 heterocycles. The molecule has 0 unspecified atom stereocenters. The predicted octanol–water partition coefficient (Wildman–Crippen LogP) is 2.28. The Morgan fingerprint density at radius 2 is 2.25 bits per heavy atom. The van der Waals surface area contributed by atoms with Gasteiger partial charge in [0.2, 0.25) is 0 Å². The number of pyridine rings is 1. The number of rotatable bonds is 5. The summed E-state index contributed by atoms with van der Waals surface area (Å²) in [6, 6.07) is 8.03. The fourth-order valence-corrected chi connectivity index (χ4v) is 2.40. The van der Waals surface area contributed by atoms with Crippen LogP contribution in [0.4, 0.5) is 5.82 Å². The molecule has 1 N–H and O–H groups in total. The number of aromatic nitrogens is 2. The Labute approximate surface area is 117 Å². The Morgan fingerprint density at radius 1 is 1.35 bits per heavy atom. The molecule has 5 nitrogen and oxygen atoms in total. The number of furan rings is 1. The van der Waals surface area contributed by atoms with Crippen molar-refractivity contribution in [2.24, 2.45) is 0 Å². The van der Waals surface area contributed by atoms with E-state index in [4.69, 9.17) is 9.40 Å². The van der Waals surface area contributed by atoms with Crippen LogP contribution < -0.4 is 10.2 Å². The van der Waals surface area contributed by atoms with Gasteiger partial charge in [0.25, 0.3) is 0 Å². The van der Waals surface area contributed by atoms with Crippen molar-refractivity contribution in [2.75, 3.05) is 19.0 Å². The van der Waals surface area contributed by atoms with Gasteiger partial charge in [0, 0.05) is 31.9 Å². The van der Waals surface area contributed by atoms with E-state index in [0.29, 0.717) is 0 Å². The van der Waals surface area contributed by atoms with Crippen LogP contribution in [0, 0.1) is 0 Å². The number of hydrogen-bond donors (Lipinski definition) is 1. The second-order valence-corrected chi connectivity index (χ2v) is 4.83. The molecule has 0 aliphatic heterocycles. The summed E-state index contributed by atoms with van der Waals surface area (Å²) in [5.74, 6) is 0.992. The Kier molecular flexibility index (Phi) is 3.43. The van der Waals surface area contributed by atoms with Crippen LogP contribution in [0.25, 0.3) is 5.65 Å². The van der Waals surface area contributed by atoms with Gasteiger partial charge in [-0.15, -0.1) is 0 Å². The molecule has 0 fully saturated rings. The van der Waals surface area contributed by atoms with Gasteiger partial charge in [0.05, 0.1) is 18.2 Å². The van der Waals surface area contributed by atoms with Crippen molar-refractivity contribution in [3.05, 3.63) is 54.2 Å². The molecule has 0 amide bonds. The van der Waals surface area contributed by atoms with E-state index in [1.54, 1.807) is 12.5 Å². The minimum absolute atomic E-state index is 0.774. The van der Waals surface area contributed by atoms with E-state index in [2.05, 4.69) is 14.6 Å². The molecule has 0 aromatic carbocycles. The number of nitrogens with zero attached hydrogens (tertiary/aromatic N) is 3. The maximum Gasteiger partial charge on any atom is 0.152 e. The van der Waals surface area contributed by atoms with E-state index in [1.807, 2.05) is 44.6 Å². The molecule has 20 heavy (non-hydrogen) atoms. The molecule has 104 valence electrons. The molecule has 3 rings (SSSR count). The first-order valence-corrected chi connectivity index (χ1v) is 6.62. The van der Waals surface area contributed by atoms with Crippen molar-refractivity contribution in [2.45, 2.75) is 13.1 Å². The zero-order valence-electron chi connectivity index (χ0n) is 11.7. The summed E-state index contributed by atoms with van der Waals surface area (Å²) in [7, 11) is 4.00. The van der Waals surface area contributed by atoms with Gasteiger partial charge < -0.3 is 19.0 Å². The van der Waals surface area contributed by atoms with Gasteiger partial charge in [0.15, 0.2) is 5.82 Å². The van der Waals surface area contributed by atoms with Gasteiger partial charge in [0.1, 0.15) is 5.65 Å². The minimum atomic E-state index is 0.774. The minimum Gasteiger partial charge on any atom is -0.472 e. The summed E-state index contributed by atoms with van der Waals surface area (Å²) >= 11 is 0. The maximum absolute atomic E-state index is 5.12. The SMILES string of the molecule is CNCc1c(N(C)Cc2ccoc2)nc2ccccn12.